The van der Waals surface area contributed by atoms with Crippen molar-refractivity contribution in [2.75, 3.05) is 0 Å². The van der Waals surface area contributed by atoms with Crippen molar-refractivity contribution in [3.05, 3.63) is 51.6 Å². The lowest BCUT2D eigenvalue weighted by Gasteiger charge is -2.09. The Morgan fingerprint density at radius 3 is 2.64 bits per heavy atom. The van der Waals surface area contributed by atoms with Gasteiger partial charge in [-0.2, -0.15) is 13.2 Å². The lowest BCUT2D eigenvalue weighted by molar-refractivity contribution is -0.137. The van der Waals surface area contributed by atoms with Crippen LogP contribution in [0, 0.1) is 0 Å². The number of phenolic OH excluding ortho intramolecular Hbond substituents is 1. The average Bonchev–Trinajstić information content (AvgIpc) is 2.72. The van der Waals surface area contributed by atoms with Gasteiger partial charge in [0.15, 0.2) is 11.4 Å². The van der Waals surface area contributed by atoms with Crippen molar-refractivity contribution in [2.45, 2.75) is 6.18 Å². The van der Waals surface area contributed by atoms with Gasteiger partial charge in [-0.3, -0.25) is 0 Å². The molecule has 5 nitrogen and oxygen atoms in total. The molecule has 0 atom stereocenters. The molecule has 1 N–H and O–H groups in total. The molecule has 114 valence electrons. The predicted molar refractivity (Wildman–Crippen MR) is 71.3 cm³/mol. The minimum absolute atomic E-state index is 0.0581. The standard InChI is InChI=1S/C13H6ClF3N2O3/c14-8-3-6(13(15,16)17)5-18-11(8)19-9-2-1-7(20)4-10(9)22-12(19)21/h1-5,20H. The fourth-order valence-electron chi connectivity index (χ4n) is 1.96. The molecule has 1 aromatic carbocycles. The van der Waals surface area contributed by atoms with E-state index in [-0.39, 0.29) is 27.7 Å². The highest BCUT2D eigenvalue weighted by Crippen LogP contribution is 2.32. The van der Waals surface area contributed by atoms with Gasteiger partial charge in [-0.05, 0) is 18.2 Å². The minimum Gasteiger partial charge on any atom is -0.508 e. The van der Waals surface area contributed by atoms with Crippen LogP contribution in [0.4, 0.5) is 13.2 Å². The Labute approximate surface area is 125 Å². The van der Waals surface area contributed by atoms with E-state index in [0.29, 0.717) is 12.3 Å². The number of oxazole rings is 1. The van der Waals surface area contributed by atoms with Crippen molar-refractivity contribution in [3.8, 4) is 11.6 Å². The molecule has 0 unspecified atom stereocenters. The Morgan fingerprint density at radius 1 is 1.27 bits per heavy atom. The first-order valence-electron chi connectivity index (χ1n) is 5.85. The fraction of sp³-hybridized carbons (Fsp3) is 0.0769. The molecule has 0 aliphatic carbocycles. The number of fused-ring (bicyclic) bond motifs is 1. The molecule has 0 spiro atoms. The SMILES string of the molecule is O=c1oc2cc(O)ccc2n1-c1ncc(C(F)(F)F)cc1Cl. The van der Waals surface area contributed by atoms with E-state index in [1.165, 1.54) is 18.2 Å². The molecular formula is C13H6ClF3N2O3. The van der Waals surface area contributed by atoms with Gasteiger partial charge >= 0.3 is 11.9 Å². The predicted octanol–water partition coefficient (Wildman–Crippen LogP) is 3.36. The lowest BCUT2D eigenvalue weighted by atomic mass is 10.2. The zero-order chi connectivity index (χ0) is 16.1. The van der Waals surface area contributed by atoms with E-state index in [1.54, 1.807) is 0 Å². The van der Waals surface area contributed by atoms with E-state index in [1.807, 2.05) is 0 Å². The smallest absolute Gasteiger partial charge is 0.425 e. The largest absolute Gasteiger partial charge is 0.508 e. The number of alkyl halides is 3. The van der Waals surface area contributed by atoms with Gasteiger partial charge in [0.1, 0.15) is 5.75 Å². The molecule has 0 saturated heterocycles. The number of aromatic hydroxyl groups is 1. The number of hydrogen-bond acceptors (Lipinski definition) is 4. The van der Waals surface area contributed by atoms with Gasteiger partial charge in [0.05, 0.1) is 16.1 Å². The summed E-state index contributed by atoms with van der Waals surface area (Å²) in [6.45, 7) is 0. The Balaban J connectivity index is 2.24. The molecule has 0 saturated carbocycles. The molecule has 0 fully saturated rings. The van der Waals surface area contributed by atoms with Crippen LogP contribution in [0.2, 0.25) is 5.02 Å². The second-order valence-corrected chi connectivity index (χ2v) is 4.79. The highest BCUT2D eigenvalue weighted by atomic mass is 35.5. The second-order valence-electron chi connectivity index (χ2n) is 4.38. The summed E-state index contributed by atoms with van der Waals surface area (Å²) in [5.74, 6) is -1.20. The first-order valence-corrected chi connectivity index (χ1v) is 6.23. The van der Waals surface area contributed by atoms with Crippen LogP contribution in [0.15, 0.2) is 39.7 Å². The number of aromatic nitrogens is 2. The number of halogens is 4. The molecule has 0 amide bonds. The Hall–Kier alpha value is -2.48. The van der Waals surface area contributed by atoms with Crippen LogP contribution < -0.4 is 5.76 Å². The van der Waals surface area contributed by atoms with Crippen molar-refractivity contribution < 1.29 is 22.7 Å². The average molecular weight is 331 g/mol. The summed E-state index contributed by atoms with van der Waals surface area (Å²) < 4.78 is 43.7. The number of phenols is 1. The van der Waals surface area contributed by atoms with Crippen LogP contribution in [-0.2, 0) is 6.18 Å². The van der Waals surface area contributed by atoms with Crippen LogP contribution in [0.1, 0.15) is 5.56 Å². The van der Waals surface area contributed by atoms with Gasteiger partial charge in [-0.25, -0.2) is 14.3 Å². The molecule has 2 heterocycles. The minimum atomic E-state index is -4.59. The van der Waals surface area contributed by atoms with Crippen LogP contribution >= 0.6 is 11.6 Å². The third-order valence-corrected chi connectivity index (χ3v) is 3.20. The molecule has 0 bridgehead atoms. The molecule has 0 aliphatic rings. The summed E-state index contributed by atoms with van der Waals surface area (Å²) in [5, 5.41) is 8.99. The summed E-state index contributed by atoms with van der Waals surface area (Å²) in [5.41, 5.74) is -0.750. The number of pyridine rings is 1. The van der Waals surface area contributed by atoms with Crippen molar-refractivity contribution in [1.82, 2.24) is 9.55 Å². The van der Waals surface area contributed by atoms with Crippen LogP contribution in [0.5, 0.6) is 5.75 Å². The quantitative estimate of drug-likeness (QED) is 0.743. The number of rotatable bonds is 1. The van der Waals surface area contributed by atoms with Gasteiger partial charge in [0.2, 0.25) is 0 Å². The second kappa shape index (κ2) is 4.77. The first-order chi connectivity index (χ1) is 10.3. The molecule has 9 heteroatoms. The van der Waals surface area contributed by atoms with E-state index in [2.05, 4.69) is 4.98 Å². The van der Waals surface area contributed by atoms with Crippen molar-refractivity contribution in [2.24, 2.45) is 0 Å². The number of benzene rings is 1. The zero-order valence-corrected chi connectivity index (χ0v) is 11.3. The molecule has 22 heavy (non-hydrogen) atoms. The monoisotopic (exact) mass is 330 g/mol. The van der Waals surface area contributed by atoms with E-state index in [0.717, 1.165) is 4.57 Å². The van der Waals surface area contributed by atoms with E-state index >= 15 is 0 Å². The number of nitrogens with zero attached hydrogens (tertiary/aromatic N) is 2. The van der Waals surface area contributed by atoms with Crippen molar-refractivity contribution in [3.63, 3.8) is 0 Å². The normalized spacial score (nSPS) is 12.0. The Morgan fingerprint density at radius 2 is 2.00 bits per heavy atom. The summed E-state index contributed by atoms with van der Waals surface area (Å²) in [7, 11) is 0. The molecule has 0 radical (unpaired) electrons. The van der Waals surface area contributed by atoms with Crippen LogP contribution in [0.3, 0.4) is 0 Å². The van der Waals surface area contributed by atoms with Gasteiger partial charge < -0.3 is 9.52 Å². The lowest BCUT2D eigenvalue weighted by Crippen LogP contribution is -2.15. The molecular weight excluding hydrogens is 325 g/mol. The summed E-state index contributed by atoms with van der Waals surface area (Å²) in [4.78, 5) is 15.5. The van der Waals surface area contributed by atoms with Crippen LogP contribution in [-0.4, -0.2) is 14.7 Å². The maximum absolute atomic E-state index is 12.6. The fourth-order valence-corrected chi connectivity index (χ4v) is 2.21. The van der Waals surface area contributed by atoms with Gasteiger partial charge in [-0.1, -0.05) is 11.6 Å². The topological polar surface area (TPSA) is 68.3 Å². The molecule has 3 rings (SSSR count). The highest BCUT2D eigenvalue weighted by molar-refractivity contribution is 6.32. The van der Waals surface area contributed by atoms with E-state index in [4.69, 9.17) is 16.0 Å². The summed E-state index contributed by atoms with van der Waals surface area (Å²) >= 11 is 5.82. The van der Waals surface area contributed by atoms with Gasteiger partial charge in [0, 0.05) is 12.3 Å². The van der Waals surface area contributed by atoms with Gasteiger partial charge in [0.25, 0.3) is 0 Å². The summed E-state index contributed by atoms with van der Waals surface area (Å²) in [6, 6.07) is 4.54. The third-order valence-electron chi connectivity index (χ3n) is 2.93. The van der Waals surface area contributed by atoms with Crippen molar-refractivity contribution in [1.29, 1.82) is 0 Å². The molecule has 3 aromatic rings. The molecule has 2 aromatic heterocycles. The number of hydrogen-bond donors (Lipinski definition) is 1. The van der Waals surface area contributed by atoms with E-state index in [9.17, 15) is 23.1 Å². The zero-order valence-electron chi connectivity index (χ0n) is 10.6. The Kier molecular flexibility index (Phi) is 3.13. The van der Waals surface area contributed by atoms with Gasteiger partial charge in [-0.15, -0.1) is 0 Å². The first kappa shape index (κ1) is 14.5. The van der Waals surface area contributed by atoms with E-state index < -0.39 is 17.5 Å². The third kappa shape index (κ3) is 2.31. The van der Waals surface area contributed by atoms with Crippen LogP contribution in [0.25, 0.3) is 16.9 Å². The highest BCUT2D eigenvalue weighted by Gasteiger charge is 2.32. The summed E-state index contributed by atoms with van der Waals surface area (Å²) in [6.07, 6.45) is -4.02. The maximum Gasteiger partial charge on any atom is 0.425 e. The van der Waals surface area contributed by atoms with Crippen molar-refractivity contribution >= 4 is 22.7 Å². The maximum atomic E-state index is 12.6. The Bertz CT molecular complexity index is 930. The molecule has 0 aliphatic heterocycles.